The van der Waals surface area contributed by atoms with E-state index in [4.69, 9.17) is 14.2 Å². The number of rotatable bonds is 48. The zero-order chi connectivity index (χ0) is 43.1. The summed E-state index contributed by atoms with van der Waals surface area (Å²) in [5.41, 5.74) is 0. The van der Waals surface area contributed by atoms with Gasteiger partial charge in [0.2, 0.25) is 0 Å². The largest absolute Gasteiger partial charge is 0.462 e. The predicted octanol–water partition coefficient (Wildman–Crippen LogP) is 17.1. The molecule has 0 rings (SSSR count). The van der Waals surface area contributed by atoms with E-state index in [1.165, 1.54) is 193 Å². The first-order chi connectivity index (χ1) is 28.9. The fourth-order valence-electron chi connectivity index (χ4n) is 8.04. The summed E-state index contributed by atoms with van der Waals surface area (Å²) < 4.78 is 16.8. The van der Waals surface area contributed by atoms with E-state index >= 15 is 0 Å². The quantitative estimate of drug-likeness (QED) is 0.0345. The Morgan fingerprint density at radius 1 is 0.322 bits per heavy atom. The van der Waals surface area contributed by atoms with E-state index in [-0.39, 0.29) is 31.1 Å². The molecule has 0 bridgehead atoms. The zero-order valence-corrected chi connectivity index (χ0v) is 40.2. The van der Waals surface area contributed by atoms with Crippen LogP contribution < -0.4 is 0 Å². The van der Waals surface area contributed by atoms with E-state index < -0.39 is 6.10 Å². The second-order valence-corrected chi connectivity index (χ2v) is 18.6. The Hall–Kier alpha value is -1.59. The monoisotopic (exact) mass is 835 g/mol. The van der Waals surface area contributed by atoms with E-state index in [1.807, 2.05) is 0 Å². The number of hydrogen-bond donors (Lipinski definition) is 0. The molecular formula is C53H102O6. The summed E-state index contributed by atoms with van der Waals surface area (Å²) in [4.78, 5) is 37.9. The normalized spacial score (nSPS) is 11.9. The van der Waals surface area contributed by atoms with Gasteiger partial charge in [0.05, 0.1) is 0 Å². The first kappa shape index (κ1) is 57.4. The standard InChI is InChI=1S/C53H102O6/c1-5-7-9-11-13-15-17-19-21-22-24-26-28-30-32-38-42-46-53(56)59-50(48-58-52(55)45-41-37-34-33-35-39-43-49(3)4)47-57-51(54)44-40-36-31-29-27-25-23-20-18-16-14-12-10-8-6-2/h49-50H,5-48H2,1-4H3/t50-/m0/s1. The second-order valence-electron chi connectivity index (χ2n) is 18.6. The smallest absolute Gasteiger partial charge is 0.306 e. The van der Waals surface area contributed by atoms with Gasteiger partial charge in [0.25, 0.3) is 0 Å². The second kappa shape index (κ2) is 47.5. The SMILES string of the molecule is CCCCCCCCCCCCCCCCCCCC(=O)O[C@@H](COC(=O)CCCCCCCCCCCCCCCCC)COC(=O)CCCCCCCCC(C)C. The van der Waals surface area contributed by atoms with Crippen LogP contribution in [0.15, 0.2) is 0 Å². The molecule has 0 aliphatic heterocycles. The van der Waals surface area contributed by atoms with Gasteiger partial charge >= 0.3 is 17.9 Å². The summed E-state index contributed by atoms with van der Waals surface area (Å²) in [7, 11) is 0. The highest BCUT2D eigenvalue weighted by Gasteiger charge is 2.19. The molecule has 1 atom stereocenters. The third kappa shape index (κ3) is 47.3. The molecule has 0 fully saturated rings. The maximum atomic E-state index is 12.8. The molecule has 0 saturated carbocycles. The Balaban J connectivity index is 4.25. The lowest BCUT2D eigenvalue weighted by atomic mass is 10.0. The molecule has 6 heteroatoms. The number of unbranched alkanes of at least 4 members (excludes halogenated alkanes) is 35. The number of hydrogen-bond acceptors (Lipinski definition) is 6. The molecular weight excluding hydrogens is 733 g/mol. The van der Waals surface area contributed by atoms with Crippen LogP contribution in [-0.4, -0.2) is 37.2 Å². The van der Waals surface area contributed by atoms with Crippen molar-refractivity contribution >= 4 is 17.9 Å². The maximum Gasteiger partial charge on any atom is 0.306 e. The van der Waals surface area contributed by atoms with Gasteiger partial charge in [-0.25, -0.2) is 0 Å². The van der Waals surface area contributed by atoms with Crippen LogP contribution in [0.1, 0.15) is 297 Å². The lowest BCUT2D eigenvalue weighted by molar-refractivity contribution is -0.167. The van der Waals surface area contributed by atoms with Gasteiger partial charge in [-0.3, -0.25) is 14.4 Å². The van der Waals surface area contributed by atoms with Crippen molar-refractivity contribution in [2.45, 2.75) is 303 Å². The van der Waals surface area contributed by atoms with Gasteiger partial charge in [-0.2, -0.15) is 0 Å². The van der Waals surface area contributed by atoms with Crippen LogP contribution in [0.4, 0.5) is 0 Å². The summed E-state index contributed by atoms with van der Waals surface area (Å²) in [6.45, 7) is 8.97. The summed E-state index contributed by atoms with van der Waals surface area (Å²) >= 11 is 0. The maximum absolute atomic E-state index is 12.8. The number of ether oxygens (including phenoxy) is 3. The predicted molar refractivity (Wildman–Crippen MR) is 252 cm³/mol. The fraction of sp³-hybridized carbons (Fsp3) is 0.943. The molecule has 0 aromatic rings. The molecule has 6 nitrogen and oxygen atoms in total. The Morgan fingerprint density at radius 2 is 0.559 bits per heavy atom. The summed E-state index contributed by atoms with van der Waals surface area (Å²) in [5.74, 6) is -0.0847. The van der Waals surface area contributed by atoms with Gasteiger partial charge in [0.15, 0.2) is 6.10 Å². The highest BCUT2D eigenvalue weighted by atomic mass is 16.6. The molecule has 0 spiro atoms. The molecule has 0 aromatic heterocycles. The van der Waals surface area contributed by atoms with Crippen LogP contribution in [0.25, 0.3) is 0 Å². The van der Waals surface area contributed by atoms with Crippen molar-refractivity contribution in [3.8, 4) is 0 Å². The van der Waals surface area contributed by atoms with E-state index in [0.29, 0.717) is 19.3 Å². The van der Waals surface area contributed by atoms with Crippen LogP contribution in [0.5, 0.6) is 0 Å². The molecule has 0 aliphatic rings. The number of esters is 3. The van der Waals surface area contributed by atoms with Gasteiger partial charge in [0.1, 0.15) is 13.2 Å². The lowest BCUT2D eigenvalue weighted by Crippen LogP contribution is -2.30. The summed E-state index contributed by atoms with van der Waals surface area (Å²) in [6.07, 6.45) is 49.6. The molecule has 0 unspecified atom stereocenters. The van der Waals surface area contributed by atoms with Crippen molar-refractivity contribution in [1.82, 2.24) is 0 Å². The highest BCUT2D eigenvalue weighted by molar-refractivity contribution is 5.71. The first-order valence-electron chi connectivity index (χ1n) is 26.4. The van der Waals surface area contributed by atoms with Gasteiger partial charge in [0, 0.05) is 19.3 Å². The Bertz CT molecular complexity index is 887. The van der Waals surface area contributed by atoms with Crippen molar-refractivity contribution in [2.24, 2.45) is 5.92 Å². The molecule has 0 N–H and O–H groups in total. The van der Waals surface area contributed by atoms with Crippen molar-refractivity contribution in [1.29, 1.82) is 0 Å². The third-order valence-corrected chi connectivity index (χ3v) is 12.0. The van der Waals surface area contributed by atoms with Gasteiger partial charge < -0.3 is 14.2 Å². The topological polar surface area (TPSA) is 78.9 Å². The van der Waals surface area contributed by atoms with E-state index in [0.717, 1.165) is 63.7 Å². The van der Waals surface area contributed by atoms with E-state index in [9.17, 15) is 14.4 Å². The van der Waals surface area contributed by atoms with Crippen LogP contribution in [0, 0.1) is 5.92 Å². The Morgan fingerprint density at radius 3 is 0.831 bits per heavy atom. The van der Waals surface area contributed by atoms with Crippen molar-refractivity contribution in [3.05, 3.63) is 0 Å². The minimum Gasteiger partial charge on any atom is -0.462 e. The minimum absolute atomic E-state index is 0.0635. The van der Waals surface area contributed by atoms with Gasteiger partial charge in [-0.1, -0.05) is 259 Å². The first-order valence-corrected chi connectivity index (χ1v) is 26.4. The number of carbonyl (C=O) groups excluding carboxylic acids is 3. The molecule has 0 heterocycles. The molecule has 0 amide bonds. The fourth-order valence-corrected chi connectivity index (χ4v) is 8.04. The van der Waals surface area contributed by atoms with Crippen molar-refractivity contribution in [2.75, 3.05) is 13.2 Å². The van der Waals surface area contributed by atoms with Crippen LogP contribution in [0.3, 0.4) is 0 Å². The van der Waals surface area contributed by atoms with Crippen LogP contribution in [-0.2, 0) is 28.6 Å². The van der Waals surface area contributed by atoms with E-state index in [2.05, 4.69) is 27.7 Å². The average Bonchev–Trinajstić information content (AvgIpc) is 3.22. The molecule has 0 aromatic carbocycles. The molecule has 0 radical (unpaired) electrons. The zero-order valence-electron chi connectivity index (χ0n) is 40.2. The molecule has 350 valence electrons. The van der Waals surface area contributed by atoms with E-state index in [1.54, 1.807) is 0 Å². The number of carbonyl (C=O) groups is 3. The Kier molecular flexibility index (Phi) is 46.2. The highest BCUT2D eigenvalue weighted by Crippen LogP contribution is 2.17. The lowest BCUT2D eigenvalue weighted by Gasteiger charge is -2.18. The Labute approximate surface area is 368 Å². The third-order valence-electron chi connectivity index (χ3n) is 12.0. The van der Waals surface area contributed by atoms with Crippen molar-refractivity contribution in [3.63, 3.8) is 0 Å². The average molecular weight is 835 g/mol. The van der Waals surface area contributed by atoms with Gasteiger partial charge in [-0.15, -0.1) is 0 Å². The molecule has 59 heavy (non-hydrogen) atoms. The van der Waals surface area contributed by atoms with Crippen LogP contribution >= 0.6 is 0 Å². The molecule has 0 saturated heterocycles. The summed E-state index contributed by atoms with van der Waals surface area (Å²) in [5, 5.41) is 0. The minimum atomic E-state index is -0.761. The van der Waals surface area contributed by atoms with Gasteiger partial charge in [-0.05, 0) is 25.2 Å². The van der Waals surface area contributed by atoms with Crippen LogP contribution in [0.2, 0.25) is 0 Å². The molecule has 0 aliphatic carbocycles. The van der Waals surface area contributed by atoms with Crippen molar-refractivity contribution < 1.29 is 28.6 Å². The summed E-state index contributed by atoms with van der Waals surface area (Å²) in [6, 6.07) is 0.